The largest absolute Gasteiger partial charge is 0.336 e. The lowest BCUT2D eigenvalue weighted by molar-refractivity contribution is 0.210. The summed E-state index contributed by atoms with van der Waals surface area (Å²) >= 11 is 2.33. The molecule has 1 aliphatic rings. The molecular formula is C16H22IN3O. The molecule has 0 saturated carbocycles. The van der Waals surface area contributed by atoms with Crippen LogP contribution < -0.4 is 5.32 Å². The minimum Gasteiger partial charge on any atom is -0.336 e. The van der Waals surface area contributed by atoms with Gasteiger partial charge in [0.15, 0.2) is 0 Å². The van der Waals surface area contributed by atoms with Gasteiger partial charge in [-0.05, 0) is 58.9 Å². The maximum atomic E-state index is 12.2. The van der Waals surface area contributed by atoms with E-state index in [2.05, 4.69) is 58.8 Å². The summed E-state index contributed by atoms with van der Waals surface area (Å²) in [6.45, 7) is 8.52. The second kappa shape index (κ2) is 7.79. The Morgan fingerprint density at radius 2 is 2.14 bits per heavy atom. The SMILES string of the molecule is CCN(CC)CCNC(=O)N1C=Cc2c(I)cccc2C1. The Hall–Kier alpha value is -1.08. The lowest BCUT2D eigenvalue weighted by Gasteiger charge is -2.25. The Morgan fingerprint density at radius 1 is 1.38 bits per heavy atom. The molecule has 0 aromatic heterocycles. The number of urea groups is 1. The first-order chi connectivity index (χ1) is 10.2. The van der Waals surface area contributed by atoms with Crippen LogP contribution in [0.3, 0.4) is 0 Å². The number of benzene rings is 1. The summed E-state index contributed by atoms with van der Waals surface area (Å²) in [7, 11) is 0. The van der Waals surface area contributed by atoms with Gasteiger partial charge in [-0.25, -0.2) is 4.79 Å². The smallest absolute Gasteiger partial charge is 0.321 e. The normalized spacial score (nSPS) is 13.4. The number of nitrogens with zero attached hydrogens (tertiary/aromatic N) is 2. The van der Waals surface area contributed by atoms with Gasteiger partial charge in [0.25, 0.3) is 0 Å². The van der Waals surface area contributed by atoms with E-state index in [0.29, 0.717) is 13.1 Å². The first kappa shape index (κ1) is 16.3. The van der Waals surface area contributed by atoms with Gasteiger partial charge < -0.3 is 10.2 Å². The van der Waals surface area contributed by atoms with Crippen LogP contribution in [0.1, 0.15) is 25.0 Å². The van der Waals surface area contributed by atoms with Crippen molar-refractivity contribution in [1.29, 1.82) is 0 Å². The van der Waals surface area contributed by atoms with Crippen molar-refractivity contribution in [1.82, 2.24) is 15.1 Å². The molecule has 0 unspecified atom stereocenters. The summed E-state index contributed by atoms with van der Waals surface area (Å²) in [5.41, 5.74) is 2.42. The van der Waals surface area contributed by atoms with Gasteiger partial charge in [0.1, 0.15) is 0 Å². The van der Waals surface area contributed by atoms with E-state index in [1.165, 1.54) is 14.7 Å². The summed E-state index contributed by atoms with van der Waals surface area (Å²) < 4.78 is 1.22. The number of amides is 2. The Morgan fingerprint density at radius 3 is 2.86 bits per heavy atom. The molecule has 0 aliphatic carbocycles. The van der Waals surface area contributed by atoms with Crippen molar-refractivity contribution in [2.24, 2.45) is 0 Å². The first-order valence-electron chi connectivity index (χ1n) is 7.38. The van der Waals surface area contributed by atoms with Gasteiger partial charge >= 0.3 is 6.03 Å². The molecule has 2 amide bonds. The molecule has 0 radical (unpaired) electrons. The second-order valence-electron chi connectivity index (χ2n) is 5.02. The van der Waals surface area contributed by atoms with Crippen LogP contribution in [-0.2, 0) is 6.54 Å². The van der Waals surface area contributed by atoms with E-state index < -0.39 is 0 Å². The number of halogens is 1. The van der Waals surface area contributed by atoms with Gasteiger partial charge in [-0.15, -0.1) is 0 Å². The molecule has 1 heterocycles. The minimum atomic E-state index is -0.0251. The number of hydrogen-bond donors (Lipinski definition) is 1. The fourth-order valence-electron chi connectivity index (χ4n) is 2.41. The van der Waals surface area contributed by atoms with E-state index in [-0.39, 0.29) is 6.03 Å². The van der Waals surface area contributed by atoms with E-state index in [0.717, 1.165) is 19.6 Å². The Balaban J connectivity index is 1.89. The third-order valence-electron chi connectivity index (χ3n) is 3.76. The zero-order valence-corrected chi connectivity index (χ0v) is 14.8. The second-order valence-corrected chi connectivity index (χ2v) is 6.18. The molecule has 0 saturated heterocycles. The average Bonchev–Trinajstić information content (AvgIpc) is 2.51. The highest BCUT2D eigenvalue weighted by molar-refractivity contribution is 14.1. The van der Waals surface area contributed by atoms with Crippen molar-refractivity contribution in [3.63, 3.8) is 0 Å². The fraction of sp³-hybridized carbons (Fsp3) is 0.438. The van der Waals surface area contributed by atoms with Crippen LogP contribution in [-0.4, -0.2) is 42.0 Å². The molecule has 1 aliphatic heterocycles. The van der Waals surface area contributed by atoms with Gasteiger partial charge in [0.05, 0.1) is 6.54 Å². The molecule has 114 valence electrons. The van der Waals surface area contributed by atoms with Gasteiger partial charge in [0, 0.05) is 22.9 Å². The van der Waals surface area contributed by atoms with Gasteiger partial charge in [-0.3, -0.25) is 4.90 Å². The standard InChI is InChI=1S/C16H22IN3O/c1-3-19(4-2)11-9-18-16(21)20-10-8-14-13(12-20)6-5-7-15(14)17/h5-8,10H,3-4,9,11-12H2,1-2H3,(H,18,21). The van der Waals surface area contributed by atoms with Gasteiger partial charge in [-0.2, -0.15) is 0 Å². The highest BCUT2D eigenvalue weighted by atomic mass is 127. The quantitative estimate of drug-likeness (QED) is 0.773. The molecule has 1 aromatic rings. The van der Waals surface area contributed by atoms with Crippen LogP contribution >= 0.6 is 22.6 Å². The number of nitrogens with one attached hydrogen (secondary N) is 1. The third kappa shape index (κ3) is 4.20. The van der Waals surface area contributed by atoms with E-state index >= 15 is 0 Å². The van der Waals surface area contributed by atoms with Crippen LogP contribution in [0.2, 0.25) is 0 Å². The molecule has 0 atom stereocenters. The zero-order chi connectivity index (χ0) is 15.2. The van der Waals surface area contributed by atoms with E-state index in [1.54, 1.807) is 4.90 Å². The van der Waals surface area contributed by atoms with Crippen LogP contribution in [0.5, 0.6) is 0 Å². The van der Waals surface area contributed by atoms with E-state index in [4.69, 9.17) is 0 Å². The van der Waals surface area contributed by atoms with Crippen LogP contribution in [0.4, 0.5) is 4.79 Å². The number of hydrogen-bond acceptors (Lipinski definition) is 2. The third-order valence-corrected chi connectivity index (χ3v) is 4.71. The average molecular weight is 399 g/mol. The molecular weight excluding hydrogens is 377 g/mol. The van der Waals surface area contributed by atoms with Crippen LogP contribution in [0, 0.1) is 3.57 Å². The summed E-state index contributed by atoms with van der Waals surface area (Å²) in [5.74, 6) is 0. The lowest BCUT2D eigenvalue weighted by atomic mass is 10.0. The summed E-state index contributed by atoms with van der Waals surface area (Å²) in [6, 6.07) is 6.18. The number of rotatable bonds is 5. The van der Waals surface area contributed by atoms with E-state index in [9.17, 15) is 4.79 Å². The number of fused-ring (bicyclic) bond motifs is 1. The Bertz CT molecular complexity index is 526. The highest BCUT2D eigenvalue weighted by Crippen LogP contribution is 2.24. The van der Waals surface area contributed by atoms with Crippen molar-refractivity contribution in [3.05, 3.63) is 39.1 Å². The van der Waals surface area contributed by atoms with Crippen molar-refractivity contribution < 1.29 is 4.79 Å². The molecule has 1 N–H and O–H groups in total. The topological polar surface area (TPSA) is 35.6 Å². The predicted octanol–water partition coefficient (Wildman–Crippen LogP) is 3.13. The number of carbonyl (C=O) groups excluding carboxylic acids is 1. The molecule has 5 heteroatoms. The molecule has 0 bridgehead atoms. The van der Waals surface area contributed by atoms with Gasteiger partial charge in [-0.1, -0.05) is 26.0 Å². The maximum absolute atomic E-state index is 12.2. The fourth-order valence-corrected chi connectivity index (χ4v) is 3.14. The Kier molecular flexibility index (Phi) is 6.05. The summed E-state index contributed by atoms with van der Waals surface area (Å²) in [6.07, 6.45) is 3.89. The van der Waals surface area contributed by atoms with Crippen LogP contribution in [0.15, 0.2) is 24.4 Å². The van der Waals surface area contributed by atoms with Crippen molar-refractivity contribution in [3.8, 4) is 0 Å². The van der Waals surface area contributed by atoms with Crippen molar-refractivity contribution >= 4 is 34.7 Å². The monoisotopic (exact) mass is 399 g/mol. The Labute approximate surface area is 140 Å². The molecule has 1 aromatic carbocycles. The number of likely N-dealkylation sites (N-methyl/N-ethyl adjacent to an activating group) is 1. The van der Waals surface area contributed by atoms with Crippen molar-refractivity contribution in [2.75, 3.05) is 26.2 Å². The van der Waals surface area contributed by atoms with Crippen LogP contribution in [0.25, 0.3) is 6.08 Å². The lowest BCUT2D eigenvalue weighted by Crippen LogP contribution is -2.41. The first-order valence-corrected chi connectivity index (χ1v) is 8.46. The summed E-state index contributed by atoms with van der Waals surface area (Å²) in [4.78, 5) is 16.2. The number of carbonyl (C=O) groups is 1. The molecule has 4 nitrogen and oxygen atoms in total. The molecule has 0 spiro atoms. The van der Waals surface area contributed by atoms with Gasteiger partial charge in [0.2, 0.25) is 0 Å². The maximum Gasteiger partial charge on any atom is 0.321 e. The molecule has 0 fully saturated rings. The van der Waals surface area contributed by atoms with Crippen molar-refractivity contribution in [2.45, 2.75) is 20.4 Å². The molecule has 21 heavy (non-hydrogen) atoms. The molecule has 2 rings (SSSR count). The van der Waals surface area contributed by atoms with E-state index in [1.807, 2.05) is 18.3 Å². The summed E-state index contributed by atoms with van der Waals surface area (Å²) in [5, 5.41) is 2.99. The minimum absolute atomic E-state index is 0.0251. The predicted molar refractivity (Wildman–Crippen MR) is 94.9 cm³/mol. The highest BCUT2D eigenvalue weighted by Gasteiger charge is 2.17. The zero-order valence-electron chi connectivity index (χ0n) is 12.6.